The van der Waals surface area contributed by atoms with Crippen molar-refractivity contribution in [1.82, 2.24) is 25.1 Å². The van der Waals surface area contributed by atoms with E-state index in [1.165, 1.54) is 23.5 Å². The van der Waals surface area contributed by atoms with Crippen LogP contribution in [0.5, 0.6) is 0 Å². The van der Waals surface area contributed by atoms with E-state index in [4.69, 9.17) is 0 Å². The van der Waals surface area contributed by atoms with E-state index in [0.29, 0.717) is 18.8 Å². The lowest BCUT2D eigenvalue weighted by molar-refractivity contribution is -0.118. The molecule has 0 fully saturated rings. The number of nitrogens with zero attached hydrogens (tertiary/aromatic N) is 4. The van der Waals surface area contributed by atoms with Crippen LogP contribution in [0, 0.1) is 5.82 Å². The Morgan fingerprint density at radius 2 is 1.97 bits per heavy atom. The zero-order chi connectivity index (χ0) is 21.6. The van der Waals surface area contributed by atoms with Crippen molar-refractivity contribution in [2.75, 3.05) is 5.32 Å². The third kappa shape index (κ3) is 5.39. The van der Waals surface area contributed by atoms with Gasteiger partial charge in [-0.25, -0.2) is 9.37 Å². The van der Waals surface area contributed by atoms with Crippen molar-refractivity contribution >= 4 is 23.1 Å². The average molecular weight is 437 g/mol. The zero-order valence-electron chi connectivity index (χ0n) is 16.8. The second-order valence-corrected chi connectivity index (χ2v) is 7.73. The first-order valence-corrected chi connectivity index (χ1v) is 10.6. The van der Waals surface area contributed by atoms with Gasteiger partial charge in [0.05, 0.1) is 22.9 Å². The molecular weight excluding hydrogens is 415 g/mol. The van der Waals surface area contributed by atoms with Gasteiger partial charge in [-0.15, -0.1) is 11.3 Å². The van der Waals surface area contributed by atoms with Crippen molar-refractivity contribution < 1.29 is 9.18 Å². The van der Waals surface area contributed by atoms with Gasteiger partial charge in [0.15, 0.2) is 0 Å². The first-order chi connectivity index (χ1) is 15.1. The van der Waals surface area contributed by atoms with E-state index >= 15 is 0 Å². The number of amides is 1. The van der Waals surface area contributed by atoms with Crippen LogP contribution in [-0.4, -0.2) is 31.7 Å². The molecule has 1 atom stereocenters. The van der Waals surface area contributed by atoms with E-state index in [2.05, 4.69) is 25.7 Å². The highest BCUT2D eigenvalue weighted by Gasteiger charge is 2.21. The maximum absolute atomic E-state index is 13.3. The average Bonchev–Trinajstić information content (AvgIpc) is 3.43. The van der Waals surface area contributed by atoms with Crippen molar-refractivity contribution in [3.63, 3.8) is 0 Å². The molecule has 158 valence electrons. The van der Waals surface area contributed by atoms with Gasteiger partial charge in [0.1, 0.15) is 11.6 Å². The molecule has 0 aliphatic heterocycles. The van der Waals surface area contributed by atoms with E-state index in [1.807, 2.05) is 23.6 Å². The van der Waals surface area contributed by atoms with Gasteiger partial charge in [-0.3, -0.25) is 19.8 Å². The summed E-state index contributed by atoms with van der Waals surface area (Å²) in [5, 5.41) is 12.6. The topological polar surface area (TPSA) is 84.7 Å². The van der Waals surface area contributed by atoms with E-state index in [1.54, 1.807) is 41.8 Å². The van der Waals surface area contributed by atoms with Gasteiger partial charge in [-0.1, -0.05) is 12.1 Å². The van der Waals surface area contributed by atoms with Crippen LogP contribution < -0.4 is 10.6 Å². The highest BCUT2D eigenvalue weighted by Crippen LogP contribution is 2.21. The molecule has 0 saturated heterocycles. The first-order valence-electron chi connectivity index (χ1n) is 9.68. The maximum atomic E-state index is 13.3. The fourth-order valence-electron chi connectivity index (χ4n) is 3.13. The Labute approximate surface area is 183 Å². The molecule has 3 heterocycles. The summed E-state index contributed by atoms with van der Waals surface area (Å²) in [5.74, 6) is 0.0684. The molecule has 1 amide bonds. The fourth-order valence-corrected chi connectivity index (χ4v) is 3.69. The van der Waals surface area contributed by atoms with Crippen LogP contribution in [-0.2, 0) is 24.8 Å². The van der Waals surface area contributed by atoms with Gasteiger partial charge in [-0.2, -0.15) is 5.10 Å². The second-order valence-electron chi connectivity index (χ2n) is 7.01. The number of pyridine rings is 1. The van der Waals surface area contributed by atoms with Crippen molar-refractivity contribution in [3.05, 3.63) is 82.8 Å². The smallest absolute Gasteiger partial charge is 0.243 e. The van der Waals surface area contributed by atoms with Crippen LogP contribution in [0.2, 0.25) is 0 Å². The van der Waals surface area contributed by atoms with Gasteiger partial charge >= 0.3 is 0 Å². The molecular formula is C22H21FN6OS. The third-order valence-electron chi connectivity index (χ3n) is 4.79. The van der Waals surface area contributed by atoms with Crippen LogP contribution in [0.3, 0.4) is 0 Å². The lowest BCUT2D eigenvalue weighted by atomic mass is 10.0. The molecule has 0 bridgehead atoms. The molecule has 4 aromatic rings. The molecule has 9 heteroatoms. The zero-order valence-corrected chi connectivity index (χ0v) is 17.6. The number of carbonyl (C=O) groups excluding carboxylic acids is 1. The monoisotopic (exact) mass is 436 g/mol. The van der Waals surface area contributed by atoms with Crippen LogP contribution in [0.4, 0.5) is 10.2 Å². The standard InChI is InChI=1S/C22H21FN6OS/c1-29-21(11-19(28-29)16-6-8-24-9-7-16)27-22(30)20(25-12-18-13-31-14-26-18)10-15-2-4-17(23)5-3-15/h2-9,11,13-14,20,25H,10,12H2,1H3,(H,27,30). The minimum atomic E-state index is -0.536. The number of aromatic nitrogens is 4. The van der Waals surface area contributed by atoms with E-state index in [-0.39, 0.29) is 11.7 Å². The lowest BCUT2D eigenvalue weighted by Crippen LogP contribution is -2.42. The Bertz CT molecular complexity index is 1130. The summed E-state index contributed by atoms with van der Waals surface area (Å²) in [6, 6.07) is 11.2. The van der Waals surface area contributed by atoms with E-state index < -0.39 is 6.04 Å². The normalized spacial score (nSPS) is 11.9. The molecule has 1 aromatic carbocycles. The summed E-state index contributed by atoms with van der Waals surface area (Å²) in [5.41, 5.74) is 5.13. The fraction of sp³-hybridized carbons (Fsp3) is 0.182. The number of benzene rings is 1. The molecule has 0 saturated carbocycles. The quantitative estimate of drug-likeness (QED) is 0.442. The highest BCUT2D eigenvalue weighted by atomic mass is 32.1. The number of thiazole rings is 1. The number of hydrogen-bond donors (Lipinski definition) is 2. The van der Waals surface area contributed by atoms with Gasteiger partial charge < -0.3 is 5.32 Å². The van der Waals surface area contributed by atoms with Gasteiger partial charge in [0, 0.05) is 43.0 Å². The summed E-state index contributed by atoms with van der Waals surface area (Å²) < 4.78 is 14.9. The van der Waals surface area contributed by atoms with Crippen molar-refractivity contribution in [2.24, 2.45) is 7.05 Å². The van der Waals surface area contributed by atoms with E-state index in [9.17, 15) is 9.18 Å². The number of halogens is 1. The number of nitrogens with one attached hydrogen (secondary N) is 2. The van der Waals surface area contributed by atoms with Crippen LogP contribution in [0.25, 0.3) is 11.3 Å². The SMILES string of the molecule is Cn1nc(-c2ccncc2)cc1NC(=O)C(Cc1ccc(F)cc1)NCc1cscn1. The first kappa shape index (κ1) is 20.8. The summed E-state index contributed by atoms with van der Waals surface area (Å²) in [6.45, 7) is 0.455. The molecule has 3 aromatic heterocycles. The van der Waals surface area contributed by atoms with Gasteiger partial charge in [0.25, 0.3) is 0 Å². The number of hydrogen-bond acceptors (Lipinski definition) is 6. The summed E-state index contributed by atoms with van der Waals surface area (Å²) in [6.07, 6.45) is 3.80. The van der Waals surface area contributed by atoms with Gasteiger partial charge in [0.2, 0.25) is 5.91 Å². The second kappa shape index (κ2) is 9.59. The molecule has 2 N–H and O–H groups in total. The van der Waals surface area contributed by atoms with Crippen LogP contribution in [0.15, 0.2) is 65.7 Å². The molecule has 0 aliphatic rings. The largest absolute Gasteiger partial charge is 0.310 e. The highest BCUT2D eigenvalue weighted by molar-refractivity contribution is 7.07. The van der Waals surface area contributed by atoms with Gasteiger partial charge in [-0.05, 0) is 36.2 Å². The Morgan fingerprint density at radius 3 is 2.68 bits per heavy atom. The van der Waals surface area contributed by atoms with E-state index in [0.717, 1.165) is 22.5 Å². The Kier molecular flexibility index (Phi) is 6.44. The third-order valence-corrected chi connectivity index (χ3v) is 5.43. The van der Waals surface area contributed by atoms with Crippen molar-refractivity contribution in [1.29, 1.82) is 0 Å². The number of aryl methyl sites for hydroxylation is 1. The number of anilines is 1. The lowest BCUT2D eigenvalue weighted by Gasteiger charge is -2.18. The summed E-state index contributed by atoms with van der Waals surface area (Å²) >= 11 is 1.50. The minimum absolute atomic E-state index is 0.205. The van der Waals surface area contributed by atoms with Crippen LogP contribution >= 0.6 is 11.3 Å². The Balaban J connectivity index is 1.50. The molecule has 31 heavy (non-hydrogen) atoms. The minimum Gasteiger partial charge on any atom is -0.310 e. The maximum Gasteiger partial charge on any atom is 0.243 e. The molecule has 1 unspecified atom stereocenters. The molecule has 4 rings (SSSR count). The molecule has 0 aliphatic carbocycles. The summed E-state index contributed by atoms with van der Waals surface area (Å²) in [4.78, 5) is 21.4. The Morgan fingerprint density at radius 1 is 1.19 bits per heavy atom. The molecule has 0 radical (unpaired) electrons. The van der Waals surface area contributed by atoms with Crippen molar-refractivity contribution in [2.45, 2.75) is 19.0 Å². The predicted molar refractivity (Wildman–Crippen MR) is 118 cm³/mol. The van der Waals surface area contributed by atoms with Crippen molar-refractivity contribution in [3.8, 4) is 11.3 Å². The number of rotatable bonds is 8. The predicted octanol–water partition coefficient (Wildman–Crippen LogP) is 3.42. The molecule has 7 nitrogen and oxygen atoms in total. The molecule has 0 spiro atoms. The summed E-state index contributed by atoms with van der Waals surface area (Å²) in [7, 11) is 1.78. The Hall–Kier alpha value is -3.43. The number of carbonyl (C=O) groups is 1. The van der Waals surface area contributed by atoms with Crippen LogP contribution in [0.1, 0.15) is 11.3 Å².